The lowest BCUT2D eigenvalue weighted by Crippen LogP contribution is -1.85. The summed E-state index contributed by atoms with van der Waals surface area (Å²) in [6, 6.07) is 3.51. The van der Waals surface area contributed by atoms with E-state index in [0.717, 1.165) is 10.7 Å². The molecule has 0 aromatic carbocycles. The van der Waals surface area contributed by atoms with Gasteiger partial charge >= 0.3 is 0 Å². The highest BCUT2D eigenvalue weighted by Crippen LogP contribution is 2.14. The summed E-state index contributed by atoms with van der Waals surface area (Å²) in [5.74, 6) is 0. The molecule has 0 amide bonds. The van der Waals surface area contributed by atoms with Crippen LogP contribution in [0.1, 0.15) is 5.69 Å². The minimum Gasteiger partial charge on any atom is -0.259 e. The van der Waals surface area contributed by atoms with Gasteiger partial charge in [-0.05, 0) is 28.1 Å². The quantitative estimate of drug-likeness (QED) is 0.576. The van der Waals surface area contributed by atoms with Crippen molar-refractivity contribution < 1.29 is 4.92 Å². The zero-order chi connectivity index (χ0) is 8.97. The highest BCUT2D eigenvalue weighted by Gasteiger charge is 1.96. The molecular weight excluding hydrogens is 224 g/mol. The van der Waals surface area contributed by atoms with Crippen molar-refractivity contribution in [3.63, 3.8) is 0 Å². The first-order valence-electron chi connectivity index (χ1n) is 3.12. The van der Waals surface area contributed by atoms with E-state index in [1.54, 1.807) is 18.3 Å². The molecule has 0 atom stereocenters. The van der Waals surface area contributed by atoms with Crippen molar-refractivity contribution in [3.05, 3.63) is 44.8 Å². The molecule has 0 radical (unpaired) electrons. The lowest BCUT2D eigenvalue weighted by molar-refractivity contribution is -0.401. The first-order valence-corrected chi connectivity index (χ1v) is 3.91. The van der Waals surface area contributed by atoms with Gasteiger partial charge in [-0.25, -0.2) is 0 Å². The van der Waals surface area contributed by atoms with Crippen LogP contribution in [0.25, 0.3) is 6.08 Å². The second kappa shape index (κ2) is 3.96. The lowest BCUT2D eigenvalue weighted by Gasteiger charge is -1.92. The van der Waals surface area contributed by atoms with Crippen molar-refractivity contribution in [1.29, 1.82) is 0 Å². The van der Waals surface area contributed by atoms with Gasteiger partial charge in [0, 0.05) is 16.7 Å². The predicted octanol–water partition coefficient (Wildman–Crippen LogP) is 2.09. The Morgan fingerprint density at radius 3 is 3.00 bits per heavy atom. The van der Waals surface area contributed by atoms with Crippen LogP contribution < -0.4 is 0 Å². The average Bonchev–Trinajstić information content (AvgIpc) is 2.03. The number of nitrogens with zero attached hydrogens (tertiary/aromatic N) is 2. The molecule has 0 aliphatic heterocycles. The number of rotatable bonds is 2. The SMILES string of the molecule is O=[N+]([O-])/C=C/c1ncccc1Br. The zero-order valence-electron chi connectivity index (χ0n) is 5.98. The molecule has 0 bridgehead atoms. The summed E-state index contributed by atoms with van der Waals surface area (Å²) >= 11 is 3.21. The lowest BCUT2D eigenvalue weighted by atomic mass is 10.3. The largest absolute Gasteiger partial charge is 0.259 e. The maximum atomic E-state index is 9.96. The van der Waals surface area contributed by atoms with Crippen molar-refractivity contribution in [3.8, 4) is 0 Å². The van der Waals surface area contributed by atoms with Gasteiger partial charge in [0.2, 0.25) is 6.20 Å². The van der Waals surface area contributed by atoms with E-state index in [1.807, 2.05) is 0 Å². The Morgan fingerprint density at radius 1 is 1.67 bits per heavy atom. The smallest absolute Gasteiger partial charge is 0.236 e. The molecule has 0 saturated carbocycles. The molecule has 0 fully saturated rings. The van der Waals surface area contributed by atoms with Crippen LogP contribution in [-0.2, 0) is 0 Å². The van der Waals surface area contributed by atoms with Crippen molar-refractivity contribution in [2.75, 3.05) is 0 Å². The normalized spacial score (nSPS) is 10.4. The maximum Gasteiger partial charge on any atom is 0.236 e. The molecular formula is C7H5BrN2O2. The second-order valence-electron chi connectivity index (χ2n) is 1.97. The van der Waals surface area contributed by atoms with Crippen LogP contribution in [0.15, 0.2) is 29.0 Å². The summed E-state index contributed by atoms with van der Waals surface area (Å²) in [6.07, 6.45) is 3.77. The minimum absolute atomic E-state index is 0.527. The molecule has 0 unspecified atom stereocenters. The molecule has 0 aliphatic rings. The van der Waals surface area contributed by atoms with Gasteiger partial charge in [-0.3, -0.25) is 15.1 Å². The van der Waals surface area contributed by atoms with Crippen molar-refractivity contribution in [2.24, 2.45) is 0 Å². The molecule has 0 aliphatic carbocycles. The van der Waals surface area contributed by atoms with Crippen LogP contribution in [-0.4, -0.2) is 9.91 Å². The van der Waals surface area contributed by atoms with E-state index in [0.29, 0.717) is 5.69 Å². The second-order valence-corrected chi connectivity index (χ2v) is 2.83. The van der Waals surface area contributed by atoms with Gasteiger partial charge in [0.05, 0.1) is 10.6 Å². The molecule has 0 N–H and O–H groups in total. The highest BCUT2D eigenvalue weighted by atomic mass is 79.9. The molecule has 1 aromatic rings. The zero-order valence-corrected chi connectivity index (χ0v) is 7.56. The van der Waals surface area contributed by atoms with Gasteiger partial charge in [0.25, 0.3) is 0 Å². The summed E-state index contributed by atoms with van der Waals surface area (Å²) in [5, 5.41) is 9.96. The van der Waals surface area contributed by atoms with E-state index in [4.69, 9.17) is 0 Å². The Morgan fingerprint density at radius 2 is 2.42 bits per heavy atom. The molecule has 5 heteroatoms. The Labute approximate surface area is 77.2 Å². The van der Waals surface area contributed by atoms with Gasteiger partial charge in [-0.2, -0.15) is 0 Å². The molecule has 0 saturated heterocycles. The van der Waals surface area contributed by atoms with E-state index in [2.05, 4.69) is 20.9 Å². The fraction of sp³-hybridized carbons (Fsp3) is 0. The van der Waals surface area contributed by atoms with Gasteiger partial charge < -0.3 is 0 Å². The van der Waals surface area contributed by atoms with Crippen LogP contribution in [0.2, 0.25) is 0 Å². The number of nitro groups is 1. The Kier molecular flexibility index (Phi) is 2.93. The third kappa shape index (κ3) is 2.43. The molecule has 1 rings (SSSR count). The minimum atomic E-state index is -0.527. The van der Waals surface area contributed by atoms with E-state index in [-0.39, 0.29) is 0 Å². The van der Waals surface area contributed by atoms with Crippen molar-refractivity contribution in [2.45, 2.75) is 0 Å². The number of hydrogen-bond donors (Lipinski definition) is 0. The Bertz CT molecular complexity index is 325. The van der Waals surface area contributed by atoms with Crippen molar-refractivity contribution in [1.82, 2.24) is 4.98 Å². The van der Waals surface area contributed by atoms with Gasteiger partial charge in [0.15, 0.2) is 0 Å². The molecule has 1 aromatic heterocycles. The fourth-order valence-corrected chi connectivity index (χ4v) is 1.04. The van der Waals surface area contributed by atoms with E-state index < -0.39 is 4.92 Å². The van der Waals surface area contributed by atoms with Crippen molar-refractivity contribution >= 4 is 22.0 Å². The third-order valence-electron chi connectivity index (χ3n) is 1.14. The number of halogens is 1. The van der Waals surface area contributed by atoms with Crippen LogP contribution in [0.5, 0.6) is 0 Å². The van der Waals surface area contributed by atoms with Crippen LogP contribution in [0.3, 0.4) is 0 Å². The summed E-state index contributed by atoms with van der Waals surface area (Å²) in [7, 11) is 0. The Hall–Kier alpha value is -1.23. The van der Waals surface area contributed by atoms with Gasteiger partial charge in [-0.1, -0.05) is 0 Å². The van der Waals surface area contributed by atoms with Crippen LogP contribution >= 0.6 is 15.9 Å². The van der Waals surface area contributed by atoms with E-state index in [1.165, 1.54) is 6.08 Å². The average molecular weight is 229 g/mol. The molecule has 4 nitrogen and oxygen atoms in total. The number of pyridine rings is 1. The van der Waals surface area contributed by atoms with E-state index >= 15 is 0 Å². The first kappa shape index (κ1) is 8.86. The monoisotopic (exact) mass is 228 g/mol. The van der Waals surface area contributed by atoms with Crippen LogP contribution in [0.4, 0.5) is 0 Å². The summed E-state index contributed by atoms with van der Waals surface area (Å²) in [5.41, 5.74) is 0.550. The molecule has 0 spiro atoms. The topological polar surface area (TPSA) is 56.0 Å². The third-order valence-corrected chi connectivity index (χ3v) is 1.81. The maximum absolute atomic E-state index is 9.96. The highest BCUT2D eigenvalue weighted by molar-refractivity contribution is 9.10. The molecule has 12 heavy (non-hydrogen) atoms. The standard InChI is InChI=1S/C7H5BrN2O2/c8-6-2-1-4-9-7(6)3-5-10(11)12/h1-5H/b5-3+. The van der Waals surface area contributed by atoms with E-state index in [9.17, 15) is 10.1 Å². The van der Waals surface area contributed by atoms with Crippen LogP contribution in [0, 0.1) is 10.1 Å². The molecule has 1 heterocycles. The Balaban J connectivity index is 2.89. The van der Waals surface area contributed by atoms with Gasteiger partial charge in [-0.15, -0.1) is 0 Å². The first-order chi connectivity index (χ1) is 5.70. The number of hydrogen-bond acceptors (Lipinski definition) is 3. The predicted molar refractivity (Wildman–Crippen MR) is 48.0 cm³/mol. The number of aromatic nitrogens is 1. The summed E-state index contributed by atoms with van der Waals surface area (Å²) < 4.78 is 0.739. The summed E-state index contributed by atoms with van der Waals surface area (Å²) in [4.78, 5) is 13.3. The van der Waals surface area contributed by atoms with Gasteiger partial charge in [0.1, 0.15) is 0 Å². The molecule has 62 valence electrons. The fourth-order valence-electron chi connectivity index (χ4n) is 0.652. The summed E-state index contributed by atoms with van der Waals surface area (Å²) in [6.45, 7) is 0.